The summed E-state index contributed by atoms with van der Waals surface area (Å²) < 4.78 is 0. The van der Waals surface area contributed by atoms with Crippen LogP contribution >= 0.6 is 23.2 Å². The van der Waals surface area contributed by atoms with Crippen LogP contribution in [0.5, 0.6) is 0 Å². The third-order valence-electron chi connectivity index (χ3n) is 2.77. The highest BCUT2D eigenvalue weighted by molar-refractivity contribution is 6.30. The second kappa shape index (κ2) is 6.19. The largest absolute Gasteiger partial charge is 0.306 e. The van der Waals surface area contributed by atoms with E-state index in [1.807, 2.05) is 36.4 Å². The molecule has 0 saturated carbocycles. The van der Waals surface area contributed by atoms with Gasteiger partial charge in [0, 0.05) is 23.8 Å². The Balaban J connectivity index is 1.96. The molecular formula is C14H14Cl2N2. The highest BCUT2D eigenvalue weighted by atomic mass is 35.5. The number of halogens is 2. The lowest BCUT2D eigenvalue weighted by atomic mass is 10.1. The molecular weight excluding hydrogens is 267 g/mol. The van der Waals surface area contributed by atoms with Gasteiger partial charge in [0.25, 0.3) is 0 Å². The van der Waals surface area contributed by atoms with E-state index in [1.54, 1.807) is 6.20 Å². The summed E-state index contributed by atoms with van der Waals surface area (Å²) in [6.45, 7) is 2.87. The highest BCUT2D eigenvalue weighted by Crippen LogP contribution is 2.16. The van der Waals surface area contributed by atoms with Crippen molar-refractivity contribution in [2.24, 2.45) is 0 Å². The molecule has 2 nitrogen and oxygen atoms in total. The zero-order valence-electron chi connectivity index (χ0n) is 10.0. The van der Waals surface area contributed by atoms with Crippen molar-refractivity contribution in [3.63, 3.8) is 0 Å². The predicted octanol–water partition coefficient (Wildman–Crippen LogP) is 4.24. The first-order chi connectivity index (χ1) is 8.65. The maximum atomic E-state index is 5.86. The molecule has 0 spiro atoms. The maximum Gasteiger partial charge on any atom is 0.129 e. The minimum atomic E-state index is 0.259. The van der Waals surface area contributed by atoms with Crippen molar-refractivity contribution < 1.29 is 0 Å². The van der Waals surface area contributed by atoms with Crippen molar-refractivity contribution in [3.05, 3.63) is 63.9 Å². The molecule has 1 N–H and O–H groups in total. The lowest BCUT2D eigenvalue weighted by molar-refractivity contribution is 0.574. The van der Waals surface area contributed by atoms with Crippen LogP contribution in [0.4, 0.5) is 0 Å². The third-order valence-corrected chi connectivity index (χ3v) is 3.23. The Labute approximate surface area is 117 Å². The molecule has 1 aromatic heterocycles. The molecule has 2 rings (SSSR count). The van der Waals surface area contributed by atoms with Crippen LogP contribution < -0.4 is 5.32 Å². The molecule has 4 heteroatoms. The summed E-state index contributed by atoms with van der Waals surface area (Å²) in [5.74, 6) is 0. The van der Waals surface area contributed by atoms with Gasteiger partial charge in [0.1, 0.15) is 5.15 Å². The summed E-state index contributed by atoms with van der Waals surface area (Å²) >= 11 is 11.7. The van der Waals surface area contributed by atoms with E-state index >= 15 is 0 Å². The first kappa shape index (κ1) is 13.3. The van der Waals surface area contributed by atoms with Crippen molar-refractivity contribution in [1.29, 1.82) is 0 Å². The molecule has 1 unspecified atom stereocenters. The average Bonchev–Trinajstić information content (AvgIpc) is 2.37. The van der Waals surface area contributed by atoms with Gasteiger partial charge in [0.2, 0.25) is 0 Å². The molecule has 0 radical (unpaired) electrons. The fourth-order valence-corrected chi connectivity index (χ4v) is 2.02. The van der Waals surface area contributed by atoms with Gasteiger partial charge in [0.05, 0.1) is 0 Å². The highest BCUT2D eigenvalue weighted by Gasteiger charge is 2.04. The quantitative estimate of drug-likeness (QED) is 0.848. The Morgan fingerprint density at radius 2 is 1.89 bits per heavy atom. The fourth-order valence-electron chi connectivity index (χ4n) is 1.69. The fraction of sp³-hybridized carbons (Fsp3) is 0.214. The predicted molar refractivity (Wildman–Crippen MR) is 76.0 cm³/mol. The van der Waals surface area contributed by atoms with Crippen LogP contribution in [0.2, 0.25) is 10.2 Å². The van der Waals surface area contributed by atoms with Crippen LogP contribution in [0.15, 0.2) is 42.6 Å². The van der Waals surface area contributed by atoms with Crippen LogP contribution in [0.1, 0.15) is 24.1 Å². The van der Waals surface area contributed by atoms with Gasteiger partial charge in [-0.3, -0.25) is 0 Å². The summed E-state index contributed by atoms with van der Waals surface area (Å²) in [7, 11) is 0. The van der Waals surface area contributed by atoms with E-state index in [2.05, 4.69) is 17.2 Å². The number of rotatable bonds is 4. The van der Waals surface area contributed by atoms with Crippen LogP contribution in [0.3, 0.4) is 0 Å². The number of pyridine rings is 1. The van der Waals surface area contributed by atoms with Crippen LogP contribution in [0, 0.1) is 0 Å². The number of hydrogen-bond donors (Lipinski definition) is 1. The summed E-state index contributed by atoms with van der Waals surface area (Å²) in [6.07, 6.45) is 1.71. The van der Waals surface area contributed by atoms with E-state index in [0.717, 1.165) is 17.1 Å². The number of nitrogens with zero attached hydrogens (tertiary/aromatic N) is 1. The molecule has 0 aliphatic heterocycles. The van der Waals surface area contributed by atoms with Gasteiger partial charge in [-0.05, 0) is 42.3 Å². The minimum absolute atomic E-state index is 0.259. The van der Waals surface area contributed by atoms with Gasteiger partial charge < -0.3 is 5.32 Å². The van der Waals surface area contributed by atoms with Gasteiger partial charge in [-0.2, -0.15) is 0 Å². The van der Waals surface area contributed by atoms with Gasteiger partial charge >= 0.3 is 0 Å². The molecule has 0 aliphatic carbocycles. The average molecular weight is 281 g/mol. The smallest absolute Gasteiger partial charge is 0.129 e. The Hall–Kier alpha value is -1.09. The van der Waals surface area contributed by atoms with E-state index in [9.17, 15) is 0 Å². The number of nitrogens with one attached hydrogen (secondary N) is 1. The molecule has 18 heavy (non-hydrogen) atoms. The standard InChI is InChI=1S/C14H14Cl2N2/c1-10(12-2-4-13(15)5-3-12)18-9-11-6-7-17-14(16)8-11/h2-8,10,18H,9H2,1H3. The summed E-state index contributed by atoms with van der Waals surface area (Å²) in [6, 6.07) is 11.9. The van der Waals surface area contributed by atoms with E-state index in [0.29, 0.717) is 5.15 Å². The second-order valence-corrected chi connectivity index (χ2v) is 4.96. The zero-order chi connectivity index (χ0) is 13.0. The van der Waals surface area contributed by atoms with E-state index in [4.69, 9.17) is 23.2 Å². The molecule has 2 aromatic rings. The number of aromatic nitrogens is 1. The van der Waals surface area contributed by atoms with Crippen molar-refractivity contribution >= 4 is 23.2 Å². The molecule has 0 amide bonds. The number of benzene rings is 1. The molecule has 94 valence electrons. The molecule has 1 atom stereocenters. The Bertz CT molecular complexity index is 511. The lowest BCUT2D eigenvalue weighted by Gasteiger charge is -2.14. The third kappa shape index (κ3) is 3.70. The first-order valence-electron chi connectivity index (χ1n) is 5.74. The molecule has 1 aromatic carbocycles. The van der Waals surface area contributed by atoms with Gasteiger partial charge in [0.15, 0.2) is 0 Å². The van der Waals surface area contributed by atoms with Gasteiger partial charge in [-0.25, -0.2) is 4.98 Å². The lowest BCUT2D eigenvalue weighted by Crippen LogP contribution is -2.18. The summed E-state index contributed by atoms with van der Waals surface area (Å²) in [5, 5.41) is 4.71. The van der Waals surface area contributed by atoms with Gasteiger partial charge in [-0.15, -0.1) is 0 Å². The normalized spacial score (nSPS) is 12.4. The maximum absolute atomic E-state index is 5.86. The second-order valence-electron chi connectivity index (χ2n) is 4.14. The summed E-state index contributed by atoms with van der Waals surface area (Å²) in [4.78, 5) is 3.96. The first-order valence-corrected chi connectivity index (χ1v) is 6.50. The van der Waals surface area contributed by atoms with Crippen molar-refractivity contribution in [3.8, 4) is 0 Å². The van der Waals surface area contributed by atoms with Crippen molar-refractivity contribution in [1.82, 2.24) is 10.3 Å². The Kier molecular flexibility index (Phi) is 4.59. The topological polar surface area (TPSA) is 24.9 Å². The van der Waals surface area contributed by atoms with Crippen LogP contribution in [-0.4, -0.2) is 4.98 Å². The Morgan fingerprint density at radius 1 is 1.17 bits per heavy atom. The summed E-state index contributed by atoms with van der Waals surface area (Å²) in [5.41, 5.74) is 2.33. The van der Waals surface area contributed by atoms with Crippen molar-refractivity contribution in [2.75, 3.05) is 0 Å². The molecule has 1 heterocycles. The monoisotopic (exact) mass is 280 g/mol. The molecule has 0 aliphatic rings. The zero-order valence-corrected chi connectivity index (χ0v) is 11.5. The van der Waals surface area contributed by atoms with E-state index in [1.165, 1.54) is 5.56 Å². The Morgan fingerprint density at radius 3 is 2.56 bits per heavy atom. The van der Waals surface area contributed by atoms with Crippen LogP contribution in [-0.2, 0) is 6.54 Å². The SMILES string of the molecule is CC(NCc1ccnc(Cl)c1)c1ccc(Cl)cc1. The molecule has 0 bridgehead atoms. The van der Waals surface area contributed by atoms with E-state index < -0.39 is 0 Å². The molecule has 0 fully saturated rings. The van der Waals surface area contributed by atoms with Crippen molar-refractivity contribution in [2.45, 2.75) is 19.5 Å². The van der Waals surface area contributed by atoms with E-state index in [-0.39, 0.29) is 6.04 Å². The minimum Gasteiger partial charge on any atom is -0.306 e. The number of hydrogen-bond acceptors (Lipinski definition) is 2. The molecule has 0 saturated heterocycles. The van der Waals surface area contributed by atoms with Gasteiger partial charge in [-0.1, -0.05) is 35.3 Å². The van der Waals surface area contributed by atoms with Crippen LogP contribution in [0.25, 0.3) is 0 Å².